The van der Waals surface area contributed by atoms with Gasteiger partial charge in [-0.2, -0.15) is 0 Å². The molecule has 0 aromatic carbocycles. The third-order valence-electron chi connectivity index (χ3n) is 6.06. The molecule has 0 spiro atoms. The molecule has 0 radical (unpaired) electrons. The number of unbranched alkanes of at least 4 members (excludes halogenated alkanes) is 1. The summed E-state index contributed by atoms with van der Waals surface area (Å²) in [4.78, 5) is 0. The Morgan fingerprint density at radius 3 is 1.17 bits per heavy atom. The normalized spacial score (nSPS) is 12.2. The Bertz CT molecular complexity index is 234. The molecule has 148 valence electrons. The maximum Gasteiger partial charge on any atom is 0.303 e. The third kappa shape index (κ3) is 7.83. The van der Waals surface area contributed by atoms with Gasteiger partial charge in [-0.25, -0.2) is 0 Å². The fourth-order valence-electron chi connectivity index (χ4n) is 4.06. The van der Waals surface area contributed by atoms with Crippen LogP contribution in [0.4, 0.5) is 0 Å². The molecule has 0 aliphatic rings. The Morgan fingerprint density at radius 1 is 0.667 bits per heavy atom. The summed E-state index contributed by atoms with van der Waals surface area (Å²) in [6.07, 6.45) is 2.75. The molecule has 0 rings (SSSR count). The van der Waals surface area contributed by atoms with Crippen LogP contribution in [0.3, 0.4) is 0 Å². The average Bonchev–Trinajstić information content (AvgIpc) is 2.63. The van der Waals surface area contributed by atoms with Gasteiger partial charge >= 0.3 is 10.0 Å². The molecule has 24 heavy (non-hydrogen) atoms. The van der Waals surface area contributed by atoms with Crippen LogP contribution < -0.4 is 0 Å². The Kier molecular flexibility index (Phi) is 17.6. The van der Waals surface area contributed by atoms with E-state index in [9.17, 15) is 0 Å². The van der Waals surface area contributed by atoms with Crippen LogP contribution in [-0.2, 0) is 8.85 Å². The van der Waals surface area contributed by atoms with Gasteiger partial charge in [0.2, 0.25) is 0 Å². The molecule has 6 heteroatoms. The van der Waals surface area contributed by atoms with Crippen LogP contribution in [0.25, 0.3) is 0 Å². The number of hydrogen-bond acceptors (Lipinski definition) is 3. The second-order valence-corrected chi connectivity index (χ2v) is 18.8. The summed E-state index contributed by atoms with van der Waals surface area (Å²) in [6.45, 7) is 18.6. The van der Waals surface area contributed by atoms with Gasteiger partial charge in [-0.05, 0) is 49.2 Å². The van der Waals surface area contributed by atoms with E-state index >= 15 is 0 Å². The SMILES string of the molecule is CCCCN([Si](CC)(CC)CC)[Si](CC)(CC)CC.CO[SiH2]OC. The van der Waals surface area contributed by atoms with E-state index in [0.717, 1.165) is 0 Å². The second kappa shape index (κ2) is 15.8. The molecule has 0 fully saturated rings. The predicted molar refractivity (Wildman–Crippen MR) is 119 cm³/mol. The molecule has 0 aliphatic heterocycles. The van der Waals surface area contributed by atoms with Gasteiger partial charge in [0.1, 0.15) is 16.5 Å². The van der Waals surface area contributed by atoms with Gasteiger partial charge in [0.05, 0.1) is 0 Å². The Hall–Kier alpha value is 0.531. The maximum atomic E-state index is 4.61. The monoisotopic (exact) mass is 393 g/mol. The van der Waals surface area contributed by atoms with E-state index in [1.807, 2.05) is 0 Å². The predicted octanol–water partition coefficient (Wildman–Crippen LogP) is 5.38. The highest BCUT2D eigenvalue weighted by Crippen LogP contribution is 2.35. The van der Waals surface area contributed by atoms with Crippen molar-refractivity contribution in [2.75, 3.05) is 20.8 Å². The summed E-state index contributed by atoms with van der Waals surface area (Å²) in [7, 11) is 0.354. The lowest BCUT2D eigenvalue weighted by molar-refractivity contribution is 0.309. The van der Waals surface area contributed by atoms with Crippen molar-refractivity contribution >= 4 is 26.5 Å². The van der Waals surface area contributed by atoms with Gasteiger partial charge < -0.3 is 13.1 Å². The number of hydrogen-bond donors (Lipinski definition) is 0. The van der Waals surface area contributed by atoms with Gasteiger partial charge in [0, 0.05) is 14.2 Å². The molecule has 0 saturated carbocycles. The van der Waals surface area contributed by atoms with Gasteiger partial charge in [-0.3, -0.25) is 0 Å². The molecule has 0 amide bonds. The fraction of sp³-hybridized carbons (Fsp3) is 1.00. The van der Waals surface area contributed by atoms with Crippen molar-refractivity contribution in [3.05, 3.63) is 0 Å². The lowest BCUT2D eigenvalue weighted by atomic mass is 10.3. The molecule has 0 aliphatic carbocycles. The van der Waals surface area contributed by atoms with Crippen molar-refractivity contribution in [2.24, 2.45) is 0 Å². The molecule has 0 unspecified atom stereocenters. The summed E-state index contributed by atoms with van der Waals surface area (Å²) in [5.41, 5.74) is 0. The largest absolute Gasteiger partial charge is 0.402 e. The summed E-state index contributed by atoms with van der Waals surface area (Å²) >= 11 is 0. The fourth-order valence-corrected chi connectivity index (χ4v) is 17.7. The standard InChI is InChI=1S/C16H39NSi2.C2H8O2Si/c1-8-15-16-17(18(9-2,10-3)11-4)19(12-5,13-6)14-7;1-3-5-4-2/h8-16H2,1-7H3;5H2,1-2H3. The van der Waals surface area contributed by atoms with Crippen molar-refractivity contribution in [2.45, 2.75) is 97.6 Å². The van der Waals surface area contributed by atoms with Crippen LogP contribution in [0, 0.1) is 0 Å². The highest BCUT2D eigenvalue weighted by atomic mass is 28.4. The number of nitrogens with zero attached hydrogens (tertiary/aromatic N) is 1. The van der Waals surface area contributed by atoms with E-state index in [2.05, 4.69) is 61.5 Å². The summed E-state index contributed by atoms with van der Waals surface area (Å²) < 4.78 is 12.4. The van der Waals surface area contributed by atoms with E-state index in [4.69, 9.17) is 0 Å². The molecule has 0 heterocycles. The van der Waals surface area contributed by atoms with Crippen molar-refractivity contribution in [3.8, 4) is 0 Å². The van der Waals surface area contributed by atoms with Crippen molar-refractivity contribution in [3.63, 3.8) is 0 Å². The lowest BCUT2D eigenvalue weighted by Crippen LogP contribution is -2.66. The van der Waals surface area contributed by atoms with Crippen LogP contribution in [0.5, 0.6) is 0 Å². The zero-order valence-corrected chi connectivity index (χ0v) is 21.7. The van der Waals surface area contributed by atoms with Crippen LogP contribution >= 0.6 is 0 Å². The first kappa shape index (κ1) is 26.8. The van der Waals surface area contributed by atoms with E-state index in [1.54, 1.807) is 14.2 Å². The van der Waals surface area contributed by atoms with Crippen molar-refractivity contribution in [1.29, 1.82) is 0 Å². The van der Waals surface area contributed by atoms with E-state index in [-0.39, 0.29) is 0 Å². The van der Waals surface area contributed by atoms with E-state index in [1.165, 1.54) is 55.7 Å². The molecule has 0 bridgehead atoms. The van der Waals surface area contributed by atoms with Crippen LogP contribution in [0.1, 0.15) is 61.3 Å². The van der Waals surface area contributed by atoms with Gasteiger partial charge in [0.25, 0.3) is 0 Å². The summed E-state index contributed by atoms with van der Waals surface area (Å²) in [5.74, 6) is 0. The Balaban J connectivity index is 0. The molecule has 0 atom stereocenters. The van der Waals surface area contributed by atoms with Gasteiger partial charge in [0.15, 0.2) is 0 Å². The zero-order valence-electron chi connectivity index (χ0n) is 18.3. The van der Waals surface area contributed by atoms with Crippen molar-refractivity contribution < 1.29 is 8.85 Å². The highest BCUT2D eigenvalue weighted by molar-refractivity contribution is 6.92. The molecule has 0 aromatic heterocycles. The topological polar surface area (TPSA) is 21.7 Å². The second-order valence-electron chi connectivity index (χ2n) is 6.77. The number of rotatable bonds is 13. The third-order valence-corrected chi connectivity index (χ3v) is 20.0. The smallest absolute Gasteiger partial charge is 0.303 e. The molecular weight excluding hydrogens is 346 g/mol. The Morgan fingerprint density at radius 2 is 1.00 bits per heavy atom. The van der Waals surface area contributed by atoms with Gasteiger partial charge in [-0.15, -0.1) is 0 Å². The minimum atomic E-state index is -1.19. The zero-order chi connectivity index (χ0) is 19.1. The first-order valence-electron chi connectivity index (χ1n) is 10.2. The minimum absolute atomic E-state index is 0.568. The van der Waals surface area contributed by atoms with Crippen LogP contribution in [0.15, 0.2) is 0 Å². The summed E-state index contributed by atoms with van der Waals surface area (Å²) in [5, 5.41) is 0. The van der Waals surface area contributed by atoms with E-state index < -0.39 is 26.5 Å². The maximum absolute atomic E-state index is 4.61. The molecule has 3 nitrogen and oxygen atoms in total. The Labute approximate surface area is 158 Å². The first-order chi connectivity index (χ1) is 11.5. The molecule has 0 saturated heterocycles. The van der Waals surface area contributed by atoms with Crippen LogP contribution in [-0.4, -0.2) is 51.5 Å². The highest BCUT2D eigenvalue weighted by Gasteiger charge is 2.45. The van der Waals surface area contributed by atoms with E-state index in [0.29, 0.717) is 0 Å². The average molecular weight is 394 g/mol. The van der Waals surface area contributed by atoms with Crippen LogP contribution in [0.2, 0.25) is 36.3 Å². The quantitative estimate of drug-likeness (QED) is 0.392. The first-order valence-corrected chi connectivity index (χ1v) is 16.5. The molecule has 0 N–H and O–H groups in total. The lowest BCUT2D eigenvalue weighted by Gasteiger charge is -2.52. The molecule has 0 aromatic rings. The summed E-state index contributed by atoms with van der Waals surface area (Å²) in [6, 6.07) is 8.74. The molecular formula is C18H47NO2Si3. The van der Waals surface area contributed by atoms with Gasteiger partial charge in [-0.1, -0.05) is 54.9 Å². The van der Waals surface area contributed by atoms with Crippen molar-refractivity contribution in [1.82, 2.24) is 4.23 Å². The minimum Gasteiger partial charge on any atom is -0.402 e.